The van der Waals surface area contributed by atoms with Gasteiger partial charge < -0.3 is 20.3 Å². The number of aromatic nitrogens is 2. The number of aliphatic imine (C=N–C) groups is 1. The molecule has 146 valence electrons. The minimum absolute atomic E-state index is 0. The normalized spacial score (nSPS) is 22.9. The largest absolute Gasteiger partial charge is 0.370 e. The molecule has 0 saturated carbocycles. The summed E-state index contributed by atoms with van der Waals surface area (Å²) in [5, 5.41) is 2.13. The Labute approximate surface area is 180 Å². The van der Waals surface area contributed by atoms with Crippen molar-refractivity contribution in [3.05, 3.63) is 40.3 Å². The number of nitrogens with zero attached hydrogens (tertiary/aromatic N) is 5. The van der Waals surface area contributed by atoms with Gasteiger partial charge in [0, 0.05) is 49.9 Å². The number of guanidine groups is 1. The molecule has 2 aromatic heterocycles. The number of fused-ring (bicyclic) bond motifs is 1. The Kier molecular flexibility index (Phi) is 6.53. The average molecular weight is 500 g/mol. The van der Waals surface area contributed by atoms with Crippen molar-refractivity contribution in [3.63, 3.8) is 0 Å². The van der Waals surface area contributed by atoms with E-state index in [9.17, 15) is 0 Å². The summed E-state index contributed by atoms with van der Waals surface area (Å²) < 4.78 is 6.06. The molecule has 9 heteroatoms. The summed E-state index contributed by atoms with van der Waals surface area (Å²) in [5.74, 6) is 1.36. The van der Waals surface area contributed by atoms with E-state index < -0.39 is 0 Å². The zero-order chi connectivity index (χ0) is 18.0. The van der Waals surface area contributed by atoms with Crippen molar-refractivity contribution in [2.24, 2.45) is 10.7 Å². The third-order valence-electron chi connectivity index (χ3n) is 5.05. The fraction of sp³-hybridized carbons (Fsp3) is 0.500. The fourth-order valence-corrected chi connectivity index (χ4v) is 4.49. The molecule has 0 radical (unpaired) electrons. The second-order valence-corrected chi connectivity index (χ2v) is 7.78. The number of hydrogen-bond donors (Lipinski definition) is 1. The number of halogens is 1. The summed E-state index contributed by atoms with van der Waals surface area (Å²) in [6.45, 7) is 6.70. The van der Waals surface area contributed by atoms with Crippen LogP contribution in [0.4, 0.5) is 5.95 Å². The summed E-state index contributed by atoms with van der Waals surface area (Å²) in [6, 6.07) is 3.99. The van der Waals surface area contributed by atoms with Crippen LogP contribution in [0.2, 0.25) is 0 Å². The Hall–Kier alpha value is -1.46. The lowest BCUT2D eigenvalue weighted by Crippen LogP contribution is -2.52. The van der Waals surface area contributed by atoms with E-state index in [1.54, 1.807) is 23.7 Å². The maximum absolute atomic E-state index is 6.28. The molecule has 27 heavy (non-hydrogen) atoms. The second kappa shape index (κ2) is 8.70. The number of ether oxygens (including phenoxy) is 1. The Morgan fingerprint density at radius 2 is 2.04 bits per heavy atom. The predicted molar refractivity (Wildman–Crippen MR) is 119 cm³/mol. The lowest BCUT2D eigenvalue weighted by atomic mass is 9.93. The molecule has 1 saturated heterocycles. The summed E-state index contributed by atoms with van der Waals surface area (Å²) in [7, 11) is 0. The van der Waals surface area contributed by atoms with Gasteiger partial charge >= 0.3 is 0 Å². The lowest BCUT2D eigenvalue weighted by molar-refractivity contribution is -0.0376. The minimum Gasteiger partial charge on any atom is -0.370 e. The van der Waals surface area contributed by atoms with E-state index in [0.29, 0.717) is 12.5 Å². The summed E-state index contributed by atoms with van der Waals surface area (Å²) in [5.41, 5.74) is 7.16. The van der Waals surface area contributed by atoms with Gasteiger partial charge in [0.1, 0.15) is 5.60 Å². The molecule has 0 amide bonds. The van der Waals surface area contributed by atoms with Crippen LogP contribution in [0.15, 0.2) is 34.9 Å². The van der Waals surface area contributed by atoms with E-state index in [4.69, 9.17) is 10.5 Å². The van der Waals surface area contributed by atoms with E-state index >= 15 is 0 Å². The molecule has 7 nitrogen and oxygen atoms in total. The molecule has 2 aliphatic heterocycles. The Balaban J connectivity index is 0.00000210. The first-order chi connectivity index (χ1) is 12.7. The molecule has 4 rings (SSSR count). The molecule has 0 aliphatic carbocycles. The Morgan fingerprint density at radius 3 is 2.78 bits per heavy atom. The van der Waals surface area contributed by atoms with E-state index in [1.807, 2.05) is 6.07 Å². The molecular weight excluding hydrogens is 475 g/mol. The van der Waals surface area contributed by atoms with Crippen molar-refractivity contribution in [3.8, 4) is 0 Å². The van der Waals surface area contributed by atoms with Crippen molar-refractivity contribution in [1.29, 1.82) is 0 Å². The van der Waals surface area contributed by atoms with Crippen molar-refractivity contribution in [2.75, 3.05) is 44.2 Å². The van der Waals surface area contributed by atoms with E-state index in [1.165, 1.54) is 10.4 Å². The van der Waals surface area contributed by atoms with Crippen molar-refractivity contribution in [1.82, 2.24) is 14.9 Å². The number of rotatable bonds is 3. The first kappa shape index (κ1) is 20.3. The van der Waals surface area contributed by atoms with Crippen LogP contribution in [0, 0.1) is 0 Å². The topological polar surface area (TPSA) is 79.9 Å². The number of nitrogens with two attached hydrogens (primary N) is 1. The van der Waals surface area contributed by atoms with Crippen LogP contribution in [-0.4, -0.2) is 60.2 Å². The van der Waals surface area contributed by atoms with Crippen LogP contribution < -0.4 is 10.6 Å². The van der Waals surface area contributed by atoms with Gasteiger partial charge in [0.25, 0.3) is 0 Å². The number of thiophene rings is 1. The highest BCUT2D eigenvalue weighted by atomic mass is 127. The van der Waals surface area contributed by atoms with Crippen LogP contribution in [0.3, 0.4) is 0 Å². The van der Waals surface area contributed by atoms with Crippen LogP contribution in [-0.2, 0) is 16.8 Å². The molecule has 4 heterocycles. The van der Waals surface area contributed by atoms with Crippen LogP contribution in [0.25, 0.3) is 0 Å². The molecule has 1 unspecified atom stereocenters. The van der Waals surface area contributed by atoms with Crippen molar-refractivity contribution in [2.45, 2.75) is 18.9 Å². The maximum Gasteiger partial charge on any atom is 0.225 e. The summed E-state index contributed by atoms with van der Waals surface area (Å²) in [4.78, 5) is 19.0. The number of hydrogen-bond acceptors (Lipinski definition) is 6. The van der Waals surface area contributed by atoms with Gasteiger partial charge in [-0.3, -0.25) is 0 Å². The quantitative estimate of drug-likeness (QED) is 0.395. The number of piperazine rings is 1. The zero-order valence-corrected chi connectivity index (χ0v) is 18.5. The van der Waals surface area contributed by atoms with E-state index in [0.717, 1.165) is 45.2 Å². The molecular formula is C18H25IN6OS. The monoisotopic (exact) mass is 500 g/mol. The number of anilines is 1. The Bertz CT molecular complexity index is 777. The first-order valence-electron chi connectivity index (χ1n) is 8.93. The predicted octanol–water partition coefficient (Wildman–Crippen LogP) is 2.08. The maximum atomic E-state index is 6.28. The summed E-state index contributed by atoms with van der Waals surface area (Å²) in [6.07, 6.45) is 4.54. The van der Waals surface area contributed by atoms with Gasteiger partial charge in [0.2, 0.25) is 5.95 Å². The highest BCUT2D eigenvalue weighted by Crippen LogP contribution is 2.36. The van der Waals surface area contributed by atoms with Crippen LogP contribution in [0.5, 0.6) is 0 Å². The standard InChI is InChI=1S/C18H24N6OS.HI/c1-18(14-4-12-26-15(14)3-11-25-18)13-22-16(19)23-7-9-24(10-8-23)17-20-5-2-6-21-17;/h2,4-6,12H,3,7-11,13H2,1H3,(H2,19,22);1H. The zero-order valence-electron chi connectivity index (χ0n) is 15.4. The van der Waals surface area contributed by atoms with Crippen LogP contribution in [0.1, 0.15) is 17.4 Å². The van der Waals surface area contributed by atoms with Gasteiger partial charge in [0.05, 0.1) is 13.2 Å². The molecule has 0 bridgehead atoms. The highest BCUT2D eigenvalue weighted by molar-refractivity contribution is 14.0. The third-order valence-corrected chi connectivity index (χ3v) is 6.03. The highest BCUT2D eigenvalue weighted by Gasteiger charge is 2.34. The molecule has 0 aromatic carbocycles. The van der Waals surface area contributed by atoms with Gasteiger partial charge in [-0.2, -0.15) is 0 Å². The van der Waals surface area contributed by atoms with Crippen LogP contribution >= 0.6 is 35.3 Å². The molecule has 2 aromatic rings. The third kappa shape index (κ3) is 4.35. The van der Waals surface area contributed by atoms with E-state index in [2.05, 4.69) is 43.1 Å². The van der Waals surface area contributed by atoms with Gasteiger partial charge in [-0.15, -0.1) is 35.3 Å². The molecule has 0 spiro atoms. The average Bonchev–Trinajstić information content (AvgIpc) is 3.18. The second-order valence-electron chi connectivity index (χ2n) is 6.78. The fourth-order valence-electron chi connectivity index (χ4n) is 3.50. The first-order valence-corrected chi connectivity index (χ1v) is 9.81. The van der Waals surface area contributed by atoms with Crippen molar-refractivity contribution < 1.29 is 4.74 Å². The van der Waals surface area contributed by atoms with Gasteiger partial charge in [-0.25, -0.2) is 15.0 Å². The lowest BCUT2D eigenvalue weighted by Gasteiger charge is -2.36. The molecule has 1 fully saturated rings. The summed E-state index contributed by atoms with van der Waals surface area (Å²) >= 11 is 1.80. The molecule has 2 aliphatic rings. The smallest absolute Gasteiger partial charge is 0.225 e. The van der Waals surface area contributed by atoms with Gasteiger partial charge in [-0.1, -0.05) is 0 Å². The minimum atomic E-state index is -0.377. The SMILES string of the molecule is CC1(CN=C(N)N2CCN(c3ncccn3)CC2)OCCc2sccc21.I. The van der Waals surface area contributed by atoms with Crippen molar-refractivity contribution >= 4 is 47.2 Å². The van der Waals surface area contributed by atoms with Gasteiger partial charge in [-0.05, 0) is 30.0 Å². The Morgan fingerprint density at radius 1 is 1.30 bits per heavy atom. The van der Waals surface area contributed by atoms with Gasteiger partial charge in [0.15, 0.2) is 5.96 Å². The molecule has 2 N–H and O–H groups in total. The molecule has 1 atom stereocenters. The van der Waals surface area contributed by atoms with E-state index in [-0.39, 0.29) is 29.6 Å².